The zero-order valence-corrected chi connectivity index (χ0v) is 8.27. The standard InChI is InChI=1S/C8H15NO6/c10-2-4-14-3-1-9-7(11)5-15-6-8(12)13/h10H,1-6H2,(H,9,11)(H,12,13). The van der Waals surface area contributed by atoms with Crippen LogP contribution in [0.4, 0.5) is 0 Å². The Kier molecular flexibility index (Phi) is 8.64. The Bertz CT molecular complexity index is 196. The number of carboxylic acids is 1. The van der Waals surface area contributed by atoms with Crippen molar-refractivity contribution in [2.45, 2.75) is 0 Å². The fourth-order valence-corrected chi connectivity index (χ4v) is 0.711. The third kappa shape index (κ3) is 10.7. The summed E-state index contributed by atoms with van der Waals surface area (Å²) in [5.74, 6) is -1.52. The van der Waals surface area contributed by atoms with Gasteiger partial charge >= 0.3 is 5.97 Å². The van der Waals surface area contributed by atoms with Crippen LogP contribution in [-0.2, 0) is 19.1 Å². The van der Waals surface area contributed by atoms with E-state index < -0.39 is 18.5 Å². The van der Waals surface area contributed by atoms with Gasteiger partial charge in [0.15, 0.2) is 0 Å². The van der Waals surface area contributed by atoms with Crippen molar-refractivity contribution in [2.24, 2.45) is 0 Å². The first-order valence-electron chi connectivity index (χ1n) is 4.41. The Labute approximate surface area is 87.0 Å². The van der Waals surface area contributed by atoms with E-state index in [9.17, 15) is 9.59 Å². The summed E-state index contributed by atoms with van der Waals surface area (Å²) in [6, 6.07) is 0. The molecule has 3 N–H and O–H groups in total. The second-order valence-electron chi connectivity index (χ2n) is 2.57. The molecule has 1 amide bonds. The molecule has 0 atom stereocenters. The number of hydrogen-bond donors (Lipinski definition) is 3. The number of nitrogens with one attached hydrogen (secondary N) is 1. The lowest BCUT2D eigenvalue weighted by Gasteiger charge is -2.05. The van der Waals surface area contributed by atoms with E-state index in [0.29, 0.717) is 13.2 Å². The molecule has 88 valence electrons. The van der Waals surface area contributed by atoms with E-state index in [2.05, 4.69) is 10.1 Å². The van der Waals surface area contributed by atoms with E-state index in [1.165, 1.54) is 0 Å². The van der Waals surface area contributed by atoms with Gasteiger partial charge in [0.25, 0.3) is 0 Å². The number of ether oxygens (including phenoxy) is 2. The first kappa shape index (κ1) is 13.8. The summed E-state index contributed by atoms with van der Waals surface area (Å²) in [5.41, 5.74) is 0. The predicted molar refractivity (Wildman–Crippen MR) is 49.4 cm³/mol. The maximum absolute atomic E-state index is 10.9. The van der Waals surface area contributed by atoms with Gasteiger partial charge in [-0.05, 0) is 0 Å². The minimum absolute atomic E-state index is 0.0599. The third-order valence-corrected chi connectivity index (χ3v) is 1.26. The summed E-state index contributed by atoms with van der Waals surface area (Å²) in [7, 11) is 0. The number of carbonyl (C=O) groups excluding carboxylic acids is 1. The molecule has 7 nitrogen and oxygen atoms in total. The summed E-state index contributed by atoms with van der Waals surface area (Å²) in [4.78, 5) is 20.9. The van der Waals surface area contributed by atoms with Crippen molar-refractivity contribution >= 4 is 11.9 Å². The summed E-state index contributed by atoms with van der Waals surface area (Å²) < 4.78 is 9.42. The fraction of sp³-hybridized carbons (Fsp3) is 0.750. The molecule has 0 heterocycles. The Balaban J connectivity index is 3.22. The van der Waals surface area contributed by atoms with Gasteiger partial charge in [-0.2, -0.15) is 0 Å². The number of carbonyl (C=O) groups is 2. The number of aliphatic carboxylic acids is 1. The van der Waals surface area contributed by atoms with Crippen molar-refractivity contribution in [3.63, 3.8) is 0 Å². The molecule has 7 heteroatoms. The molecule has 0 aromatic carbocycles. The molecule has 0 fully saturated rings. The van der Waals surface area contributed by atoms with Gasteiger partial charge in [0.2, 0.25) is 5.91 Å². The molecule has 0 saturated carbocycles. The van der Waals surface area contributed by atoms with Crippen LogP contribution >= 0.6 is 0 Å². The second-order valence-corrected chi connectivity index (χ2v) is 2.57. The van der Waals surface area contributed by atoms with E-state index in [-0.39, 0.29) is 19.8 Å². The van der Waals surface area contributed by atoms with Crippen molar-refractivity contribution in [1.29, 1.82) is 0 Å². The van der Waals surface area contributed by atoms with Gasteiger partial charge in [0, 0.05) is 6.54 Å². The van der Waals surface area contributed by atoms with E-state index in [0.717, 1.165) is 0 Å². The molecule has 0 unspecified atom stereocenters. The number of hydrogen-bond acceptors (Lipinski definition) is 5. The molecule has 0 bridgehead atoms. The predicted octanol–water partition coefficient (Wildman–Crippen LogP) is -1.79. The molecule has 0 radical (unpaired) electrons. The van der Waals surface area contributed by atoms with E-state index >= 15 is 0 Å². The molecular formula is C8H15NO6. The lowest BCUT2D eigenvalue weighted by molar-refractivity contribution is -0.143. The van der Waals surface area contributed by atoms with Gasteiger partial charge in [-0.15, -0.1) is 0 Å². The maximum Gasteiger partial charge on any atom is 0.329 e. The monoisotopic (exact) mass is 221 g/mol. The average molecular weight is 221 g/mol. The van der Waals surface area contributed by atoms with Crippen LogP contribution in [0.25, 0.3) is 0 Å². The van der Waals surface area contributed by atoms with Gasteiger partial charge in [0.05, 0.1) is 19.8 Å². The first-order valence-corrected chi connectivity index (χ1v) is 4.41. The summed E-state index contributed by atoms with van der Waals surface area (Å²) >= 11 is 0. The quantitative estimate of drug-likeness (QED) is 0.397. The average Bonchev–Trinajstić information content (AvgIpc) is 2.17. The minimum atomic E-state index is -1.12. The zero-order valence-electron chi connectivity index (χ0n) is 8.27. The first-order chi connectivity index (χ1) is 7.16. The summed E-state index contributed by atoms with van der Waals surface area (Å²) in [6.45, 7) is -0.0116. The van der Waals surface area contributed by atoms with Gasteiger partial charge in [-0.25, -0.2) is 4.79 Å². The zero-order chi connectivity index (χ0) is 11.5. The molecule has 0 aliphatic carbocycles. The maximum atomic E-state index is 10.9. The van der Waals surface area contributed by atoms with Crippen LogP contribution in [0.2, 0.25) is 0 Å². The highest BCUT2D eigenvalue weighted by Crippen LogP contribution is 1.77. The van der Waals surface area contributed by atoms with Crippen LogP contribution in [0.5, 0.6) is 0 Å². The van der Waals surface area contributed by atoms with Crippen molar-refractivity contribution in [3.8, 4) is 0 Å². The number of amides is 1. The smallest absolute Gasteiger partial charge is 0.329 e. The minimum Gasteiger partial charge on any atom is -0.480 e. The molecule has 15 heavy (non-hydrogen) atoms. The lowest BCUT2D eigenvalue weighted by Crippen LogP contribution is -2.31. The molecule has 0 aromatic heterocycles. The molecule has 0 aliphatic heterocycles. The van der Waals surface area contributed by atoms with Crippen molar-refractivity contribution < 1.29 is 29.3 Å². The molecule has 0 aromatic rings. The van der Waals surface area contributed by atoms with E-state index in [1.54, 1.807) is 0 Å². The van der Waals surface area contributed by atoms with E-state index in [1.807, 2.05) is 0 Å². The lowest BCUT2D eigenvalue weighted by atomic mass is 10.6. The number of carboxylic acid groups (broad SMARTS) is 1. The van der Waals surface area contributed by atoms with E-state index in [4.69, 9.17) is 14.9 Å². The Morgan fingerprint density at radius 1 is 1.13 bits per heavy atom. The molecule has 0 aliphatic rings. The van der Waals surface area contributed by atoms with Crippen LogP contribution in [0.1, 0.15) is 0 Å². The highest BCUT2D eigenvalue weighted by molar-refractivity contribution is 5.77. The number of aliphatic hydroxyl groups is 1. The SMILES string of the molecule is O=C(O)COCC(=O)NCCOCCO. The van der Waals surface area contributed by atoms with Gasteiger partial charge in [-0.3, -0.25) is 4.79 Å². The third-order valence-electron chi connectivity index (χ3n) is 1.26. The van der Waals surface area contributed by atoms with Crippen molar-refractivity contribution in [3.05, 3.63) is 0 Å². The van der Waals surface area contributed by atoms with Crippen LogP contribution in [0.3, 0.4) is 0 Å². The van der Waals surface area contributed by atoms with Gasteiger partial charge in [0.1, 0.15) is 13.2 Å². The van der Waals surface area contributed by atoms with Crippen LogP contribution in [-0.4, -0.2) is 61.7 Å². The highest BCUT2D eigenvalue weighted by Gasteiger charge is 2.02. The Morgan fingerprint density at radius 3 is 2.47 bits per heavy atom. The summed E-state index contributed by atoms with van der Waals surface area (Å²) in [6.07, 6.45) is 0. The molecular weight excluding hydrogens is 206 g/mol. The van der Waals surface area contributed by atoms with Gasteiger partial charge < -0.3 is 25.0 Å². The topological polar surface area (TPSA) is 105 Å². The molecule has 0 rings (SSSR count). The normalized spacial score (nSPS) is 9.93. The van der Waals surface area contributed by atoms with Crippen molar-refractivity contribution in [2.75, 3.05) is 39.6 Å². The molecule has 0 saturated heterocycles. The van der Waals surface area contributed by atoms with Crippen LogP contribution in [0, 0.1) is 0 Å². The van der Waals surface area contributed by atoms with Crippen molar-refractivity contribution in [1.82, 2.24) is 5.32 Å². The Hall–Kier alpha value is -1.18. The summed E-state index contributed by atoms with van der Waals surface area (Å²) in [5, 5.41) is 19.0. The van der Waals surface area contributed by atoms with Gasteiger partial charge in [-0.1, -0.05) is 0 Å². The van der Waals surface area contributed by atoms with Crippen LogP contribution in [0.15, 0.2) is 0 Å². The highest BCUT2D eigenvalue weighted by atomic mass is 16.5. The number of aliphatic hydroxyl groups excluding tert-OH is 1. The number of rotatable bonds is 9. The fourth-order valence-electron chi connectivity index (χ4n) is 0.711. The largest absolute Gasteiger partial charge is 0.480 e. The molecule has 0 spiro atoms. The second kappa shape index (κ2) is 9.38. The Morgan fingerprint density at radius 2 is 1.87 bits per heavy atom. The van der Waals surface area contributed by atoms with Crippen LogP contribution < -0.4 is 5.32 Å².